The Bertz CT molecular complexity index is 915. The summed E-state index contributed by atoms with van der Waals surface area (Å²) in [5.41, 5.74) is 7.19. The summed E-state index contributed by atoms with van der Waals surface area (Å²) in [6.07, 6.45) is 5.03. The molecule has 1 aliphatic carbocycles. The van der Waals surface area contributed by atoms with Crippen molar-refractivity contribution in [3.63, 3.8) is 0 Å². The molecule has 0 aliphatic heterocycles. The van der Waals surface area contributed by atoms with E-state index in [9.17, 15) is 10.5 Å². The lowest BCUT2D eigenvalue weighted by atomic mass is 9.88. The summed E-state index contributed by atoms with van der Waals surface area (Å²) in [4.78, 5) is 0. The topological polar surface area (TPSA) is 47.6 Å². The third-order valence-electron chi connectivity index (χ3n) is 4.19. The molecule has 0 aromatic heterocycles. The molecule has 2 nitrogen and oxygen atoms in total. The molecule has 0 amide bonds. The zero-order valence-corrected chi connectivity index (χ0v) is 13.2. The highest BCUT2D eigenvalue weighted by Gasteiger charge is 2.20. The molecular weight excluding hydrogens is 280 g/mol. The predicted octanol–water partition coefficient (Wildman–Crippen LogP) is 4.89. The van der Waals surface area contributed by atoms with Gasteiger partial charge in [-0.15, -0.1) is 0 Å². The summed E-state index contributed by atoms with van der Waals surface area (Å²) in [5.74, 6) is 0. The monoisotopic (exact) mass is 296 g/mol. The third-order valence-corrected chi connectivity index (χ3v) is 4.19. The molecule has 0 saturated carbocycles. The number of rotatable bonds is 1. The number of hydrogen-bond acceptors (Lipinski definition) is 2. The van der Waals surface area contributed by atoms with Crippen molar-refractivity contribution in [1.82, 2.24) is 0 Å². The molecule has 1 aliphatic rings. The van der Waals surface area contributed by atoms with Gasteiger partial charge in [0.2, 0.25) is 0 Å². The van der Waals surface area contributed by atoms with Crippen LogP contribution in [-0.2, 0) is 6.42 Å². The largest absolute Gasteiger partial charge is 0.192 e. The lowest BCUT2D eigenvalue weighted by molar-refractivity contribution is 1.14. The fourth-order valence-electron chi connectivity index (χ4n) is 2.95. The minimum atomic E-state index is 0.162. The van der Waals surface area contributed by atoms with Gasteiger partial charge in [-0.25, -0.2) is 0 Å². The highest BCUT2D eigenvalue weighted by Crippen LogP contribution is 2.36. The summed E-state index contributed by atoms with van der Waals surface area (Å²) in [6.45, 7) is 4.12. The summed E-state index contributed by atoms with van der Waals surface area (Å²) in [5, 5.41) is 18.9. The van der Waals surface area contributed by atoms with E-state index in [2.05, 4.69) is 55.5 Å². The van der Waals surface area contributed by atoms with E-state index in [0.29, 0.717) is 0 Å². The molecule has 0 N–H and O–H groups in total. The van der Waals surface area contributed by atoms with Crippen LogP contribution in [0.4, 0.5) is 0 Å². The summed E-state index contributed by atoms with van der Waals surface area (Å²) in [6, 6.07) is 16.6. The molecule has 2 aromatic carbocycles. The minimum absolute atomic E-state index is 0.162. The summed E-state index contributed by atoms with van der Waals surface area (Å²) in [7, 11) is 0. The quantitative estimate of drug-likeness (QED) is 0.600. The number of aryl methyl sites for hydroxylation is 2. The van der Waals surface area contributed by atoms with Crippen LogP contribution < -0.4 is 0 Å². The molecule has 0 bridgehead atoms. The first-order chi connectivity index (χ1) is 11.2. The number of nitriles is 2. The van der Waals surface area contributed by atoms with Crippen LogP contribution in [0.1, 0.15) is 40.3 Å². The second kappa shape index (κ2) is 5.95. The Morgan fingerprint density at radius 3 is 2.13 bits per heavy atom. The zero-order valence-electron chi connectivity index (χ0n) is 13.2. The van der Waals surface area contributed by atoms with Gasteiger partial charge in [0.1, 0.15) is 17.7 Å². The molecule has 110 valence electrons. The number of benzene rings is 2. The molecule has 0 unspecified atom stereocenters. The van der Waals surface area contributed by atoms with E-state index in [1.165, 1.54) is 5.56 Å². The van der Waals surface area contributed by atoms with Crippen molar-refractivity contribution >= 4 is 17.7 Å². The Hall–Kier alpha value is -3.10. The van der Waals surface area contributed by atoms with E-state index >= 15 is 0 Å². The van der Waals surface area contributed by atoms with Gasteiger partial charge in [-0.2, -0.15) is 10.5 Å². The maximum Gasteiger partial charge on any atom is 0.138 e. The molecule has 2 aromatic rings. The fourth-order valence-corrected chi connectivity index (χ4v) is 2.95. The second-order valence-electron chi connectivity index (χ2n) is 5.67. The van der Waals surface area contributed by atoms with Gasteiger partial charge in [-0.1, -0.05) is 61.0 Å². The second-order valence-corrected chi connectivity index (χ2v) is 5.67. The van der Waals surface area contributed by atoms with Gasteiger partial charge >= 0.3 is 0 Å². The number of nitrogens with zero attached hydrogens (tertiary/aromatic N) is 2. The molecule has 0 fully saturated rings. The van der Waals surface area contributed by atoms with Crippen LogP contribution in [-0.4, -0.2) is 0 Å². The highest BCUT2D eigenvalue weighted by atomic mass is 14.3. The Balaban J connectivity index is 2.44. The van der Waals surface area contributed by atoms with Crippen LogP contribution in [0, 0.1) is 29.6 Å². The zero-order chi connectivity index (χ0) is 16.4. The fraction of sp³-hybridized carbons (Fsp3) is 0.143. The molecule has 0 spiro atoms. The molecular formula is C21H16N2. The van der Waals surface area contributed by atoms with Crippen molar-refractivity contribution in [3.8, 4) is 12.1 Å². The van der Waals surface area contributed by atoms with E-state index in [0.717, 1.165) is 39.8 Å². The molecule has 2 heteroatoms. The Morgan fingerprint density at radius 2 is 1.52 bits per heavy atom. The SMILES string of the molecule is CCc1ccc2c(c1)C(=C(C#N)C#N)c1cc(C)ccc1C=C2. The van der Waals surface area contributed by atoms with Crippen LogP contribution in [0.15, 0.2) is 42.0 Å². The van der Waals surface area contributed by atoms with Crippen LogP contribution in [0.2, 0.25) is 0 Å². The molecule has 0 atom stereocenters. The van der Waals surface area contributed by atoms with Crippen molar-refractivity contribution in [3.05, 3.63) is 75.4 Å². The van der Waals surface area contributed by atoms with Gasteiger partial charge in [0.05, 0.1) is 0 Å². The first-order valence-electron chi connectivity index (χ1n) is 7.64. The maximum atomic E-state index is 9.47. The van der Waals surface area contributed by atoms with E-state index < -0.39 is 0 Å². The van der Waals surface area contributed by atoms with Crippen molar-refractivity contribution < 1.29 is 0 Å². The van der Waals surface area contributed by atoms with Crippen LogP contribution >= 0.6 is 0 Å². The number of fused-ring (bicyclic) bond motifs is 2. The standard InChI is InChI=1S/C21H16N2/c1-3-15-5-7-17-9-8-16-6-4-14(2)10-19(16)21(20(17)11-15)18(12-22)13-23/h4-11H,3H2,1-2H3. The average molecular weight is 296 g/mol. The van der Waals surface area contributed by atoms with Crippen molar-refractivity contribution in [1.29, 1.82) is 10.5 Å². The van der Waals surface area contributed by atoms with Gasteiger partial charge in [0.25, 0.3) is 0 Å². The van der Waals surface area contributed by atoms with Gasteiger partial charge < -0.3 is 0 Å². The van der Waals surface area contributed by atoms with Gasteiger partial charge in [-0.3, -0.25) is 0 Å². The molecule has 0 saturated heterocycles. The first-order valence-corrected chi connectivity index (χ1v) is 7.64. The van der Waals surface area contributed by atoms with Gasteiger partial charge in [0, 0.05) is 5.57 Å². The Kier molecular flexibility index (Phi) is 3.83. The lowest BCUT2D eigenvalue weighted by Crippen LogP contribution is -1.98. The lowest BCUT2D eigenvalue weighted by Gasteiger charge is -2.14. The van der Waals surface area contributed by atoms with Gasteiger partial charge in [-0.05, 0) is 41.2 Å². The molecule has 3 rings (SSSR count). The Morgan fingerprint density at radius 1 is 0.913 bits per heavy atom. The van der Waals surface area contributed by atoms with E-state index in [-0.39, 0.29) is 5.57 Å². The first kappa shape index (κ1) is 14.8. The maximum absolute atomic E-state index is 9.47. The summed E-state index contributed by atoms with van der Waals surface area (Å²) < 4.78 is 0. The smallest absolute Gasteiger partial charge is 0.138 e. The number of hydrogen-bond donors (Lipinski definition) is 0. The van der Waals surface area contributed by atoms with E-state index in [4.69, 9.17) is 0 Å². The highest BCUT2D eigenvalue weighted by molar-refractivity contribution is 5.97. The van der Waals surface area contributed by atoms with Crippen LogP contribution in [0.25, 0.3) is 17.7 Å². The molecule has 0 radical (unpaired) electrons. The molecule has 0 heterocycles. The predicted molar refractivity (Wildman–Crippen MR) is 93.2 cm³/mol. The molecule has 23 heavy (non-hydrogen) atoms. The van der Waals surface area contributed by atoms with Gasteiger partial charge in [0.15, 0.2) is 0 Å². The normalized spacial score (nSPS) is 11.7. The van der Waals surface area contributed by atoms with Crippen LogP contribution in [0.3, 0.4) is 0 Å². The Labute approximate surface area is 136 Å². The third kappa shape index (κ3) is 2.56. The van der Waals surface area contributed by atoms with Crippen molar-refractivity contribution in [2.24, 2.45) is 0 Å². The van der Waals surface area contributed by atoms with Crippen molar-refractivity contribution in [2.75, 3.05) is 0 Å². The van der Waals surface area contributed by atoms with E-state index in [1.54, 1.807) is 0 Å². The minimum Gasteiger partial charge on any atom is -0.192 e. The van der Waals surface area contributed by atoms with Crippen LogP contribution in [0.5, 0.6) is 0 Å². The van der Waals surface area contributed by atoms with Crippen molar-refractivity contribution in [2.45, 2.75) is 20.3 Å². The average Bonchev–Trinajstić information content (AvgIpc) is 2.73. The number of allylic oxidation sites excluding steroid dienone is 1. The summed E-state index contributed by atoms with van der Waals surface area (Å²) >= 11 is 0. The van der Waals surface area contributed by atoms with E-state index in [1.807, 2.05) is 19.1 Å².